The highest BCUT2D eigenvalue weighted by Gasteiger charge is 2.40. The second-order valence-corrected chi connectivity index (χ2v) is 8.82. The molecule has 6 heteroatoms. The summed E-state index contributed by atoms with van der Waals surface area (Å²) in [5.74, 6) is 1.41. The standard InChI is InChI=1S/C15H26N2O3S/c1-10-13(8-16)14(11(2)20-10)21(18,19)17-7-6-12(9-17)15(3,4)5/h12H,6-9,16H2,1-5H3. The van der Waals surface area contributed by atoms with Crippen LogP contribution in [0.15, 0.2) is 9.31 Å². The first-order valence-corrected chi connectivity index (χ1v) is 8.82. The number of hydrogen-bond donors (Lipinski definition) is 1. The van der Waals surface area contributed by atoms with E-state index in [0.717, 1.165) is 6.42 Å². The summed E-state index contributed by atoms with van der Waals surface area (Å²) in [6.45, 7) is 11.2. The Bertz CT molecular complexity index is 626. The van der Waals surface area contributed by atoms with E-state index in [0.29, 0.717) is 36.1 Å². The van der Waals surface area contributed by atoms with Gasteiger partial charge in [0.15, 0.2) is 0 Å². The summed E-state index contributed by atoms with van der Waals surface area (Å²) in [6, 6.07) is 0. The van der Waals surface area contributed by atoms with Gasteiger partial charge in [-0.15, -0.1) is 0 Å². The maximum Gasteiger partial charge on any atom is 0.246 e. The van der Waals surface area contributed by atoms with Gasteiger partial charge in [0.1, 0.15) is 16.4 Å². The fourth-order valence-electron chi connectivity index (χ4n) is 3.07. The monoisotopic (exact) mass is 314 g/mol. The van der Waals surface area contributed by atoms with Crippen LogP contribution in [0, 0.1) is 25.2 Å². The SMILES string of the molecule is Cc1oc(C)c(S(=O)(=O)N2CCC(C(C)(C)C)C2)c1CN. The zero-order valence-corrected chi connectivity index (χ0v) is 14.4. The first kappa shape index (κ1) is 16.5. The number of furan rings is 1. The van der Waals surface area contributed by atoms with E-state index in [2.05, 4.69) is 20.8 Å². The van der Waals surface area contributed by atoms with Crippen LogP contribution in [0.25, 0.3) is 0 Å². The Labute approximate surface area is 127 Å². The number of nitrogens with zero attached hydrogens (tertiary/aromatic N) is 1. The Hall–Kier alpha value is -0.850. The minimum absolute atomic E-state index is 0.113. The molecule has 0 aliphatic carbocycles. The molecule has 0 radical (unpaired) electrons. The van der Waals surface area contributed by atoms with Crippen molar-refractivity contribution in [2.75, 3.05) is 13.1 Å². The van der Waals surface area contributed by atoms with E-state index in [9.17, 15) is 8.42 Å². The minimum Gasteiger partial charge on any atom is -0.465 e. The van der Waals surface area contributed by atoms with E-state index in [1.54, 1.807) is 18.2 Å². The molecule has 2 rings (SSSR count). The van der Waals surface area contributed by atoms with Crippen molar-refractivity contribution >= 4 is 10.0 Å². The third-order valence-electron chi connectivity index (χ3n) is 4.50. The molecule has 2 N–H and O–H groups in total. The van der Waals surface area contributed by atoms with Crippen LogP contribution < -0.4 is 5.73 Å². The molecular weight excluding hydrogens is 288 g/mol. The molecule has 2 heterocycles. The van der Waals surface area contributed by atoms with Crippen molar-refractivity contribution in [1.29, 1.82) is 0 Å². The molecule has 1 aliphatic heterocycles. The summed E-state index contributed by atoms with van der Waals surface area (Å²) < 4.78 is 32.9. The highest BCUT2D eigenvalue weighted by molar-refractivity contribution is 7.89. The molecule has 0 amide bonds. The van der Waals surface area contributed by atoms with E-state index >= 15 is 0 Å². The lowest BCUT2D eigenvalue weighted by Gasteiger charge is -2.26. The molecule has 1 unspecified atom stereocenters. The number of nitrogens with two attached hydrogens (primary N) is 1. The molecule has 1 saturated heterocycles. The van der Waals surface area contributed by atoms with E-state index in [4.69, 9.17) is 10.2 Å². The van der Waals surface area contributed by atoms with Gasteiger partial charge < -0.3 is 10.2 Å². The molecule has 120 valence electrons. The van der Waals surface area contributed by atoms with Gasteiger partial charge in [0.2, 0.25) is 10.0 Å². The van der Waals surface area contributed by atoms with Crippen molar-refractivity contribution in [3.8, 4) is 0 Å². The summed E-state index contributed by atoms with van der Waals surface area (Å²) in [4.78, 5) is 0.275. The third-order valence-corrected chi connectivity index (χ3v) is 6.56. The lowest BCUT2D eigenvalue weighted by molar-refractivity contribution is 0.252. The number of aryl methyl sites for hydroxylation is 2. The third kappa shape index (κ3) is 2.89. The van der Waals surface area contributed by atoms with Crippen molar-refractivity contribution in [3.63, 3.8) is 0 Å². The van der Waals surface area contributed by atoms with E-state index in [1.165, 1.54) is 0 Å². The van der Waals surface area contributed by atoms with Crippen LogP contribution in [0.3, 0.4) is 0 Å². The van der Waals surface area contributed by atoms with Crippen LogP contribution in [0.4, 0.5) is 0 Å². The van der Waals surface area contributed by atoms with Gasteiger partial charge in [-0.1, -0.05) is 20.8 Å². The molecule has 1 aromatic heterocycles. The predicted molar refractivity (Wildman–Crippen MR) is 82.4 cm³/mol. The number of rotatable bonds is 3. The maximum atomic E-state index is 12.9. The lowest BCUT2D eigenvalue weighted by Crippen LogP contribution is -2.32. The largest absolute Gasteiger partial charge is 0.465 e. The Morgan fingerprint density at radius 3 is 2.38 bits per heavy atom. The Morgan fingerprint density at radius 1 is 1.29 bits per heavy atom. The molecule has 1 aromatic rings. The zero-order chi connectivity index (χ0) is 16.0. The van der Waals surface area contributed by atoms with Crippen molar-refractivity contribution in [3.05, 3.63) is 17.1 Å². The van der Waals surface area contributed by atoms with Crippen molar-refractivity contribution < 1.29 is 12.8 Å². The highest BCUT2D eigenvalue weighted by atomic mass is 32.2. The molecule has 5 nitrogen and oxygen atoms in total. The van der Waals surface area contributed by atoms with Crippen LogP contribution in [0.5, 0.6) is 0 Å². The fraction of sp³-hybridized carbons (Fsp3) is 0.733. The summed E-state index contributed by atoms with van der Waals surface area (Å²) in [7, 11) is -3.52. The predicted octanol–water partition coefficient (Wildman–Crippen LogP) is 2.41. The van der Waals surface area contributed by atoms with Crippen molar-refractivity contribution in [2.24, 2.45) is 17.1 Å². The van der Waals surface area contributed by atoms with Gasteiger partial charge in [0.05, 0.1) is 0 Å². The molecule has 21 heavy (non-hydrogen) atoms. The molecule has 1 atom stereocenters. The van der Waals surface area contributed by atoms with Gasteiger partial charge >= 0.3 is 0 Å². The Morgan fingerprint density at radius 2 is 1.90 bits per heavy atom. The van der Waals surface area contributed by atoms with Crippen LogP contribution >= 0.6 is 0 Å². The second kappa shape index (κ2) is 5.41. The molecule has 0 saturated carbocycles. The molecule has 1 fully saturated rings. The zero-order valence-electron chi connectivity index (χ0n) is 13.6. The average Bonchev–Trinajstić information content (AvgIpc) is 2.93. The molecule has 0 aromatic carbocycles. The Balaban J connectivity index is 2.37. The van der Waals surface area contributed by atoms with Crippen molar-refractivity contribution in [2.45, 2.75) is 52.5 Å². The molecular formula is C15H26N2O3S. The van der Waals surface area contributed by atoms with Gasteiger partial charge in [-0.2, -0.15) is 4.31 Å². The van der Waals surface area contributed by atoms with Crippen LogP contribution in [-0.4, -0.2) is 25.8 Å². The summed E-state index contributed by atoms with van der Waals surface area (Å²) in [5, 5.41) is 0. The highest BCUT2D eigenvalue weighted by Crippen LogP contribution is 2.37. The lowest BCUT2D eigenvalue weighted by atomic mass is 9.80. The van der Waals surface area contributed by atoms with Gasteiger partial charge in [0, 0.05) is 25.2 Å². The maximum absolute atomic E-state index is 12.9. The minimum atomic E-state index is -3.52. The van der Waals surface area contributed by atoms with E-state index in [-0.39, 0.29) is 16.9 Å². The smallest absolute Gasteiger partial charge is 0.246 e. The van der Waals surface area contributed by atoms with Gasteiger partial charge in [-0.3, -0.25) is 0 Å². The van der Waals surface area contributed by atoms with Gasteiger partial charge in [0.25, 0.3) is 0 Å². The fourth-order valence-corrected chi connectivity index (χ4v) is 4.99. The summed E-state index contributed by atoms with van der Waals surface area (Å²) >= 11 is 0. The first-order chi connectivity index (χ1) is 9.59. The van der Waals surface area contributed by atoms with Crippen LogP contribution in [0.2, 0.25) is 0 Å². The Kier molecular flexibility index (Phi) is 4.26. The second-order valence-electron chi connectivity index (χ2n) is 6.94. The van der Waals surface area contributed by atoms with Crippen LogP contribution in [0.1, 0.15) is 44.3 Å². The first-order valence-electron chi connectivity index (χ1n) is 7.38. The molecule has 1 aliphatic rings. The molecule has 0 spiro atoms. The van der Waals surface area contributed by atoms with Gasteiger partial charge in [-0.05, 0) is 31.6 Å². The number of hydrogen-bond acceptors (Lipinski definition) is 4. The summed E-state index contributed by atoms with van der Waals surface area (Å²) in [6.07, 6.45) is 0.899. The number of sulfonamides is 1. The van der Waals surface area contributed by atoms with Crippen molar-refractivity contribution in [1.82, 2.24) is 4.31 Å². The van der Waals surface area contributed by atoms with Gasteiger partial charge in [-0.25, -0.2) is 8.42 Å². The van der Waals surface area contributed by atoms with E-state index < -0.39 is 10.0 Å². The van der Waals surface area contributed by atoms with E-state index in [1.807, 2.05) is 0 Å². The molecule has 0 bridgehead atoms. The quantitative estimate of drug-likeness (QED) is 0.929. The van der Waals surface area contributed by atoms with Crippen LogP contribution in [-0.2, 0) is 16.6 Å². The topological polar surface area (TPSA) is 76.5 Å². The normalized spacial score (nSPS) is 21.1. The average molecular weight is 314 g/mol. The summed E-state index contributed by atoms with van der Waals surface area (Å²) in [5.41, 5.74) is 6.43.